The maximum Gasteiger partial charge on any atom is 0.309 e. The number of ketones is 1. The van der Waals surface area contributed by atoms with E-state index in [-0.39, 0.29) is 63.0 Å². The number of nitrogens with zero attached hydrogens (tertiary/aromatic N) is 1. The first-order valence-corrected chi connectivity index (χ1v) is 16.4. The Balaban J connectivity index is 1.24. The Morgan fingerprint density at radius 1 is 0.952 bits per heavy atom. The minimum absolute atomic E-state index is 0.0684. The number of ether oxygens (including phenoxy) is 1. The van der Waals surface area contributed by atoms with Crippen LogP contribution in [0.1, 0.15) is 98.1 Å². The van der Waals surface area contributed by atoms with Gasteiger partial charge in [-0.3, -0.25) is 19.4 Å². The quantitative estimate of drug-likeness (QED) is 0.378. The number of carboxylic acid groups (broad SMARTS) is 1. The van der Waals surface area contributed by atoms with Crippen molar-refractivity contribution in [2.45, 2.75) is 98.8 Å². The molecule has 228 valence electrons. The van der Waals surface area contributed by atoms with E-state index in [1.165, 1.54) is 5.57 Å². The molecule has 1 N–H and O–H groups in total. The average Bonchev–Trinajstić information content (AvgIpc) is 2.92. The summed E-state index contributed by atoms with van der Waals surface area (Å²) >= 11 is 0. The molecule has 0 spiro atoms. The highest BCUT2D eigenvalue weighted by Gasteiger charge is 2.67. The van der Waals surface area contributed by atoms with Crippen LogP contribution in [0.2, 0.25) is 0 Å². The van der Waals surface area contributed by atoms with Gasteiger partial charge in [0.2, 0.25) is 0 Å². The summed E-state index contributed by atoms with van der Waals surface area (Å²) in [4.78, 5) is 44.1. The smallest absolute Gasteiger partial charge is 0.309 e. The fraction of sp³-hybridized carbons (Fsp3) is 0.722. The van der Waals surface area contributed by atoms with Crippen LogP contribution in [0.25, 0.3) is 0 Å². The molecule has 0 aromatic carbocycles. The lowest BCUT2D eigenvalue weighted by molar-refractivity contribution is -0.188. The van der Waals surface area contributed by atoms with Crippen molar-refractivity contribution in [1.82, 2.24) is 4.98 Å². The molecule has 42 heavy (non-hydrogen) atoms. The van der Waals surface area contributed by atoms with Gasteiger partial charge in [-0.1, -0.05) is 46.3 Å². The number of fused-ring (bicyclic) bond motifs is 7. The van der Waals surface area contributed by atoms with Crippen molar-refractivity contribution in [3.8, 4) is 0 Å². The molecule has 9 unspecified atom stereocenters. The van der Waals surface area contributed by atoms with Gasteiger partial charge in [0, 0.05) is 24.2 Å². The number of rotatable bonds is 5. The van der Waals surface area contributed by atoms with E-state index in [4.69, 9.17) is 4.74 Å². The van der Waals surface area contributed by atoms with Gasteiger partial charge in [-0.25, -0.2) is 0 Å². The first kappa shape index (κ1) is 29.6. The Morgan fingerprint density at radius 3 is 2.40 bits per heavy atom. The number of hydrogen-bond donors (Lipinski definition) is 1. The first-order valence-electron chi connectivity index (χ1n) is 16.4. The van der Waals surface area contributed by atoms with E-state index in [2.05, 4.69) is 39.6 Å². The highest BCUT2D eigenvalue weighted by atomic mass is 16.5. The summed E-state index contributed by atoms with van der Waals surface area (Å²) in [6, 6.07) is 5.79. The van der Waals surface area contributed by atoms with Crippen LogP contribution in [0.15, 0.2) is 36.0 Å². The van der Waals surface area contributed by atoms with Gasteiger partial charge in [-0.05, 0) is 115 Å². The van der Waals surface area contributed by atoms with E-state index in [0.29, 0.717) is 25.4 Å². The molecule has 4 saturated carbocycles. The zero-order valence-corrected chi connectivity index (χ0v) is 26.2. The second-order valence-corrected chi connectivity index (χ2v) is 15.8. The molecule has 4 fully saturated rings. The summed E-state index contributed by atoms with van der Waals surface area (Å²) in [5.41, 5.74) is 1.70. The first-order chi connectivity index (χ1) is 19.8. The van der Waals surface area contributed by atoms with Crippen molar-refractivity contribution in [2.24, 2.45) is 57.2 Å². The molecule has 0 saturated heterocycles. The standard InChI is InChI=1S/C36H49NO5/c1-33(2)26(32(41)42-19-13-23-8-6-7-18-37-23)11-16-36(5)29(33)12-17-35(4)25-10-15-34(3)14-9-22(31(39)40)20-27(34)24(25)21-28(38)30(35)36/h6-8,18,21-22,25-27,29-30H,9-17,19-20H2,1-5H3,(H,39,40). The third-order valence-corrected chi connectivity index (χ3v) is 13.4. The number of aliphatic carboxylic acids is 1. The van der Waals surface area contributed by atoms with Crippen LogP contribution < -0.4 is 0 Å². The minimum atomic E-state index is -0.687. The predicted molar refractivity (Wildman–Crippen MR) is 160 cm³/mol. The summed E-state index contributed by atoms with van der Waals surface area (Å²) in [6.07, 6.45) is 12.5. The van der Waals surface area contributed by atoms with Crippen molar-refractivity contribution in [2.75, 3.05) is 6.61 Å². The van der Waals surface area contributed by atoms with E-state index in [0.717, 1.165) is 57.1 Å². The van der Waals surface area contributed by atoms with E-state index in [1.54, 1.807) is 6.20 Å². The van der Waals surface area contributed by atoms with Crippen LogP contribution in [0.4, 0.5) is 0 Å². The monoisotopic (exact) mass is 575 g/mol. The number of esters is 1. The van der Waals surface area contributed by atoms with Crippen LogP contribution in [-0.4, -0.2) is 34.4 Å². The summed E-state index contributed by atoms with van der Waals surface area (Å²) in [5.74, 6) is -0.327. The molecule has 0 amide bonds. The van der Waals surface area contributed by atoms with Gasteiger partial charge in [-0.15, -0.1) is 0 Å². The van der Waals surface area contributed by atoms with Gasteiger partial charge in [-0.2, -0.15) is 0 Å². The molecule has 6 nitrogen and oxygen atoms in total. The van der Waals surface area contributed by atoms with Crippen molar-refractivity contribution < 1.29 is 24.2 Å². The maximum atomic E-state index is 14.4. The number of carboxylic acids is 1. The molecule has 6 rings (SSSR count). The van der Waals surface area contributed by atoms with E-state index in [9.17, 15) is 19.5 Å². The molecule has 1 heterocycles. The van der Waals surface area contributed by atoms with Gasteiger partial charge in [0.05, 0.1) is 18.4 Å². The van der Waals surface area contributed by atoms with Crippen LogP contribution in [-0.2, 0) is 25.5 Å². The lowest BCUT2D eigenvalue weighted by Crippen LogP contribution is -2.63. The number of pyridine rings is 1. The van der Waals surface area contributed by atoms with Crippen molar-refractivity contribution in [3.63, 3.8) is 0 Å². The van der Waals surface area contributed by atoms with E-state index < -0.39 is 5.97 Å². The molecule has 5 aliphatic carbocycles. The number of carbonyl (C=O) groups excluding carboxylic acids is 2. The van der Waals surface area contributed by atoms with Gasteiger partial charge in [0.25, 0.3) is 0 Å². The summed E-state index contributed by atoms with van der Waals surface area (Å²) in [7, 11) is 0. The van der Waals surface area contributed by atoms with Crippen LogP contribution in [0.5, 0.6) is 0 Å². The third kappa shape index (κ3) is 4.49. The van der Waals surface area contributed by atoms with Gasteiger partial charge in [0.15, 0.2) is 5.78 Å². The van der Waals surface area contributed by atoms with Crippen LogP contribution >= 0.6 is 0 Å². The number of allylic oxidation sites excluding steroid dienone is 2. The highest BCUT2D eigenvalue weighted by molar-refractivity contribution is 5.95. The summed E-state index contributed by atoms with van der Waals surface area (Å²) in [6.45, 7) is 11.9. The van der Waals surface area contributed by atoms with Crippen molar-refractivity contribution >= 4 is 17.7 Å². The number of aromatic nitrogens is 1. The normalized spacial score (nSPS) is 42.2. The second-order valence-electron chi connectivity index (χ2n) is 15.8. The fourth-order valence-electron chi connectivity index (χ4n) is 11.3. The third-order valence-electron chi connectivity index (χ3n) is 13.4. The van der Waals surface area contributed by atoms with E-state index >= 15 is 0 Å². The Hall–Kier alpha value is -2.50. The Kier molecular flexibility index (Phi) is 7.25. The molecule has 0 aliphatic heterocycles. The maximum absolute atomic E-state index is 14.4. The molecular weight excluding hydrogens is 526 g/mol. The van der Waals surface area contributed by atoms with Crippen LogP contribution in [0.3, 0.4) is 0 Å². The summed E-state index contributed by atoms with van der Waals surface area (Å²) in [5, 5.41) is 9.85. The topological polar surface area (TPSA) is 93.6 Å². The van der Waals surface area contributed by atoms with Crippen LogP contribution in [0, 0.1) is 57.2 Å². The molecule has 0 bridgehead atoms. The molecule has 1 aromatic heterocycles. The molecule has 1 aromatic rings. The Labute approximate surface area is 251 Å². The predicted octanol–water partition coefficient (Wildman–Crippen LogP) is 7.07. The SMILES string of the molecule is CC12CCC(C(=O)O)CC1C1=CC(=O)C3C(C)(CCC4C(C)(C)C(C(=O)OCCc5ccccn5)CCC43C)C1CC2. The molecular formula is C36H49NO5. The lowest BCUT2D eigenvalue weighted by Gasteiger charge is -2.67. The largest absolute Gasteiger partial charge is 0.481 e. The number of carbonyl (C=O) groups is 3. The van der Waals surface area contributed by atoms with Gasteiger partial charge in [0.1, 0.15) is 0 Å². The van der Waals surface area contributed by atoms with Gasteiger partial charge < -0.3 is 9.84 Å². The number of hydrogen-bond acceptors (Lipinski definition) is 5. The average molecular weight is 576 g/mol. The zero-order valence-electron chi connectivity index (χ0n) is 26.2. The zero-order chi connectivity index (χ0) is 30.1. The van der Waals surface area contributed by atoms with Crippen molar-refractivity contribution in [1.29, 1.82) is 0 Å². The minimum Gasteiger partial charge on any atom is -0.481 e. The fourth-order valence-corrected chi connectivity index (χ4v) is 11.3. The highest BCUT2D eigenvalue weighted by Crippen LogP contribution is 2.71. The molecule has 9 atom stereocenters. The lowest BCUT2D eigenvalue weighted by atomic mass is 9.36. The molecule has 0 radical (unpaired) electrons. The summed E-state index contributed by atoms with van der Waals surface area (Å²) < 4.78 is 5.84. The van der Waals surface area contributed by atoms with E-state index in [1.807, 2.05) is 24.3 Å². The molecule has 6 heteroatoms. The molecule has 5 aliphatic rings. The Morgan fingerprint density at radius 2 is 1.69 bits per heavy atom. The Bertz CT molecular complexity index is 1290. The van der Waals surface area contributed by atoms with Gasteiger partial charge >= 0.3 is 11.9 Å². The van der Waals surface area contributed by atoms with Crippen molar-refractivity contribution in [3.05, 3.63) is 41.7 Å². The second kappa shape index (κ2) is 10.3.